The minimum Gasteiger partial charge on any atom is -0.467 e. The first kappa shape index (κ1) is 21.0. The molecule has 0 radical (unpaired) electrons. The van der Waals surface area contributed by atoms with E-state index in [9.17, 15) is 9.59 Å². The maximum absolute atomic E-state index is 12.2. The van der Waals surface area contributed by atoms with Gasteiger partial charge in [-0.2, -0.15) is 0 Å². The number of aryl methyl sites for hydroxylation is 1. The van der Waals surface area contributed by atoms with E-state index in [1.807, 2.05) is 31.2 Å². The first-order chi connectivity index (χ1) is 14.5. The molecule has 2 amide bonds. The van der Waals surface area contributed by atoms with Crippen LogP contribution in [0.4, 0.5) is 5.69 Å². The topological polar surface area (TPSA) is 83.4 Å². The lowest BCUT2D eigenvalue weighted by Gasteiger charge is -2.09. The molecule has 0 bridgehead atoms. The highest BCUT2D eigenvalue weighted by atomic mass is 32.1. The predicted octanol–water partition coefficient (Wildman–Crippen LogP) is 4.04. The van der Waals surface area contributed by atoms with Gasteiger partial charge in [0.1, 0.15) is 5.76 Å². The Bertz CT molecular complexity index is 1040. The van der Waals surface area contributed by atoms with E-state index in [0.29, 0.717) is 23.6 Å². The Hall–Kier alpha value is -3.71. The number of carbonyl (C=O) groups is 2. The molecule has 7 heteroatoms. The Morgan fingerprint density at radius 1 is 1.03 bits per heavy atom. The number of anilines is 1. The molecule has 0 aliphatic carbocycles. The number of hydrogen-bond acceptors (Lipinski definition) is 4. The van der Waals surface area contributed by atoms with Gasteiger partial charge in [0.2, 0.25) is 5.91 Å². The highest BCUT2D eigenvalue weighted by molar-refractivity contribution is 7.80. The van der Waals surface area contributed by atoms with E-state index in [4.69, 9.17) is 16.6 Å². The molecule has 0 saturated carbocycles. The van der Waals surface area contributed by atoms with Crippen LogP contribution in [-0.2, 0) is 11.3 Å². The molecule has 3 rings (SSSR count). The molecule has 3 N–H and O–H groups in total. The van der Waals surface area contributed by atoms with E-state index >= 15 is 0 Å². The lowest BCUT2D eigenvalue weighted by Crippen LogP contribution is -2.32. The van der Waals surface area contributed by atoms with Crippen LogP contribution in [0.2, 0.25) is 0 Å². The molecule has 0 aliphatic heterocycles. The second-order valence-corrected chi connectivity index (χ2v) is 6.94. The summed E-state index contributed by atoms with van der Waals surface area (Å²) >= 11 is 5.17. The third-order valence-electron chi connectivity index (χ3n) is 4.15. The van der Waals surface area contributed by atoms with Crippen molar-refractivity contribution in [3.8, 4) is 0 Å². The molecule has 0 spiro atoms. The summed E-state index contributed by atoms with van der Waals surface area (Å²) in [5.74, 6) is 0.135. The second-order valence-electron chi connectivity index (χ2n) is 6.53. The van der Waals surface area contributed by atoms with Gasteiger partial charge in [-0.15, -0.1) is 0 Å². The summed E-state index contributed by atoms with van der Waals surface area (Å²) in [6.07, 6.45) is 4.69. The number of benzene rings is 2. The van der Waals surface area contributed by atoms with Gasteiger partial charge in [-0.3, -0.25) is 14.9 Å². The average molecular weight is 420 g/mol. The van der Waals surface area contributed by atoms with Crippen LogP contribution in [-0.4, -0.2) is 16.9 Å². The molecule has 2 aromatic carbocycles. The number of hydrogen-bond donors (Lipinski definition) is 3. The molecule has 0 atom stereocenters. The zero-order chi connectivity index (χ0) is 21.3. The summed E-state index contributed by atoms with van der Waals surface area (Å²) < 4.78 is 5.18. The average Bonchev–Trinajstić information content (AvgIpc) is 3.26. The zero-order valence-electron chi connectivity index (χ0n) is 16.3. The van der Waals surface area contributed by atoms with Crippen LogP contribution in [0.5, 0.6) is 0 Å². The fourth-order valence-electron chi connectivity index (χ4n) is 2.55. The fourth-order valence-corrected chi connectivity index (χ4v) is 2.77. The van der Waals surface area contributed by atoms with Gasteiger partial charge >= 0.3 is 0 Å². The number of carbonyl (C=O) groups excluding carboxylic acids is 2. The first-order valence-corrected chi connectivity index (χ1v) is 9.68. The Morgan fingerprint density at radius 2 is 1.77 bits per heavy atom. The van der Waals surface area contributed by atoms with Gasteiger partial charge in [-0.05, 0) is 67.2 Å². The van der Waals surface area contributed by atoms with Crippen LogP contribution in [0.3, 0.4) is 0 Å². The second kappa shape index (κ2) is 10.2. The van der Waals surface area contributed by atoms with Crippen LogP contribution >= 0.6 is 12.2 Å². The van der Waals surface area contributed by atoms with Crippen molar-refractivity contribution in [3.63, 3.8) is 0 Å². The standard InChI is InChI=1S/C23H21N3O3S/c1-16-4-6-17(7-5-16)8-13-21(27)26-23(30)25-19-11-9-18(10-12-19)22(28)24-15-20-3-2-14-29-20/h2-14H,15H2,1H3,(H,24,28)(H2,25,26,27,30)/b13-8+. The smallest absolute Gasteiger partial charge is 0.251 e. The largest absolute Gasteiger partial charge is 0.467 e. The fraction of sp³-hybridized carbons (Fsp3) is 0.0870. The molecule has 6 nitrogen and oxygen atoms in total. The van der Waals surface area contributed by atoms with E-state index in [-0.39, 0.29) is 16.9 Å². The lowest BCUT2D eigenvalue weighted by molar-refractivity contribution is -0.115. The number of furan rings is 1. The van der Waals surface area contributed by atoms with Crippen molar-refractivity contribution >= 4 is 40.9 Å². The minimum absolute atomic E-state index is 0.170. The molecule has 3 aromatic rings. The van der Waals surface area contributed by atoms with Crippen molar-refractivity contribution < 1.29 is 14.0 Å². The quantitative estimate of drug-likeness (QED) is 0.415. The molecule has 0 aliphatic rings. The molecule has 1 aromatic heterocycles. The minimum atomic E-state index is -0.331. The highest BCUT2D eigenvalue weighted by Gasteiger charge is 2.07. The van der Waals surface area contributed by atoms with E-state index < -0.39 is 0 Å². The SMILES string of the molecule is Cc1ccc(/C=C/C(=O)NC(=S)Nc2ccc(C(=O)NCc3ccco3)cc2)cc1. The Kier molecular flexibility index (Phi) is 7.13. The van der Waals surface area contributed by atoms with Gasteiger partial charge < -0.3 is 15.1 Å². The van der Waals surface area contributed by atoms with Crippen molar-refractivity contribution in [1.29, 1.82) is 0 Å². The summed E-state index contributed by atoms with van der Waals surface area (Å²) in [6.45, 7) is 2.32. The Labute approximate surface area is 180 Å². The van der Waals surface area contributed by atoms with Gasteiger partial charge in [0, 0.05) is 17.3 Å². The van der Waals surface area contributed by atoms with Crippen molar-refractivity contribution in [2.45, 2.75) is 13.5 Å². The highest BCUT2D eigenvalue weighted by Crippen LogP contribution is 2.10. The number of nitrogens with one attached hydrogen (secondary N) is 3. The predicted molar refractivity (Wildman–Crippen MR) is 121 cm³/mol. The maximum Gasteiger partial charge on any atom is 0.251 e. The van der Waals surface area contributed by atoms with Crippen molar-refractivity contribution in [1.82, 2.24) is 10.6 Å². The summed E-state index contributed by atoms with van der Waals surface area (Å²) in [4.78, 5) is 24.2. The van der Waals surface area contributed by atoms with Crippen LogP contribution in [0, 0.1) is 6.92 Å². The van der Waals surface area contributed by atoms with E-state index in [1.54, 1.807) is 48.7 Å². The molecule has 30 heavy (non-hydrogen) atoms. The van der Waals surface area contributed by atoms with Crippen molar-refractivity contribution in [3.05, 3.63) is 95.5 Å². The summed E-state index contributed by atoms with van der Waals surface area (Å²) in [6, 6.07) is 18.1. The van der Waals surface area contributed by atoms with Gasteiger partial charge in [-0.1, -0.05) is 29.8 Å². The van der Waals surface area contributed by atoms with Crippen LogP contribution in [0.15, 0.2) is 77.4 Å². The zero-order valence-corrected chi connectivity index (χ0v) is 17.2. The Balaban J connectivity index is 1.47. The van der Waals surface area contributed by atoms with Gasteiger partial charge in [0.25, 0.3) is 5.91 Å². The van der Waals surface area contributed by atoms with Gasteiger partial charge in [-0.25, -0.2) is 0 Å². The van der Waals surface area contributed by atoms with E-state index in [0.717, 1.165) is 11.1 Å². The van der Waals surface area contributed by atoms with Gasteiger partial charge in [0.05, 0.1) is 12.8 Å². The van der Waals surface area contributed by atoms with Crippen molar-refractivity contribution in [2.24, 2.45) is 0 Å². The summed E-state index contributed by atoms with van der Waals surface area (Å²) in [7, 11) is 0. The number of thiocarbonyl (C=S) groups is 1. The third kappa shape index (κ3) is 6.42. The van der Waals surface area contributed by atoms with Crippen LogP contribution in [0.1, 0.15) is 27.2 Å². The first-order valence-electron chi connectivity index (χ1n) is 9.27. The number of rotatable bonds is 6. The normalized spacial score (nSPS) is 10.6. The Morgan fingerprint density at radius 3 is 2.43 bits per heavy atom. The monoisotopic (exact) mass is 419 g/mol. The molecule has 0 fully saturated rings. The molecule has 152 valence electrons. The molecule has 1 heterocycles. The number of amides is 2. The van der Waals surface area contributed by atoms with E-state index in [2.05, 4.69) is 16.0 Å². The summed E-state index contributed by atoms with van der Waals surface area (Å²) in [5, 5.41) is 8.45. The van der Waals surface area contributed by atoms with Crippen LogP contribution < -0.4 is 16.0 Å². The lowest BCUT2D eigenvalue weighted by atomic mass is 10.1. The molecular formula is C23H21N3O3S. The van der Waals surface area contributed by atoms with E-state index in [1.165, 1.54) is 6.08 Å². The summed E-state index contributed by atoms with van der Waals surface area (Å²) in [5.41, 5.74) is 3.24. The molecule has 0 saturated heterocycles. The molecule has 0 unspecified atom stereocenters. The van der Waals surface area contributed by atoms with Crippen molar-refractivity contribution in [2.75, 3.05) is 5.32 Å². The third-order valence-corrected chi connectivity index (χ3v) is 4.35. The van der Waals surface area contributed by atoms with Gasteiger partial charge in [0.15, 0.2) is 5.11 Å². The van der Waals surface area contributed by atoms with Crippen LogP contribution in [0.25, 0.3) is 6.08 Å². The molecular weight excluding hydrogens is 398 g/mol. The maximum atomic E-state index is 12.2.